The van der Waals surface area contributed by atoms with Crippen molar-refractivity contribution in [1.29, 1.82) is 0 Å². The number of carbonyl (C=O) groups excluding carboxylic acids is 1. The number of hydrogen-bond donors (Lipinski definition) is 0. The minimum atomic E-state index is -0.655. The van der Waals surface area contributed by atoms with Gasteiger partial charge < -0.3 is 23.7 Å². The van der Waals surface area contributed by atoms with Gasteiger partial charge in [0.1, 0.15) is 12.2 Å². The molecule has 4 atom stereocenters. The van der Waals surface area contributed by atoms with Gasteiger partial charge in [-0.25, -0.2) is 0 Å². The summed E-state index contributed by atoms with van der Waals surface area (Å²) in [6.45, 7) is 5.86. The zero-order valence-corrected chi connectivity index (χ0v) is 11.9. The third kappa shape index (κ3) is 3.25. The monoisotopic (exact) mass is 274 g/mol. The largest absolute Gasteiger partial charge is 0.466 e. The lowest BCUT2D eigenvalue weighted by Crippen LogP contribution is -2.36. The molecular weight excluding hydrogens is 252 g/mol. The lowest BCUT2D eigenvalue weighted by atomic mass is 10.1. The minimum Gasteiger partial charge on any atom is -0.466 e. The van der Waals surface area contributed by atoms with Crippen LogP contribution in [0.4, 0.5) is 0 Å². The number of ether oxygens (including phenoxy) is 5. The van der Waals surface area contributed by atoms with Crippen molar-refractivity contribution in [3.05, 3.63) is 0 Å². The highest BCUT2D eigenvalue weighted by atomic mass is 16.8. The topological polar surface area (TPSA) is 63.2 Å². The molecule has 2 heterocycles. The zero-order valence-electron chi connectivity index (χ0n) is 11.9. The summed E-state index contributed by atoms with van der Waals surface area (Å²) in [6.07, 6.45) is -0.250. The van der Waals surface area contributed by atoms with Crippen molar-refractivity contribution in [3.8, 4) is 0 Å². The second kappa shape index (κ2) is 5.75. The highest BCUT2D eigenvalue weighted by molar-refractivity contribution is 5.69. The third-order valence-electron chi connectivity index (χ3n) is 3.30. The Bertz CT molecular complexity index is 329. The van der Waals surface area contributed by atoms with E-state index in [1.54, 1.807) is 14.0 Å². The second-order valence-corrected chi connectivity index (χ2v) is 5.19. The minimum absolute atomic E-state index is 0.208. The summed E-state index contributed by atoms with van der Waals surface area (Å²) in [5.74, 6) is -0.877. The van der Waals surface area contributed by atoms with E-state index >= 15 is 0 Å². The van der Waals surface area contributed by atoms with E-state index in [1.807, 2.05) is 13.8 Å². The van der Waals surface area contributed by atoms with Crippen LogP contribution in [0.5, 0.6) is 0 Å². The molecule has 2 aliphatic rings. The molecule has 0 aromatic heterocycles. The van der Waals surface area contributed by atoms with Crippen LogP contribution in [0.1, 0.15) is 33.6 Å². The van der Waals surface area contributed by atoms with Gasteiger partial charge in [-0.2, -0.15) is 0 Å². The molecule has 110 valence electrons. The highest BCUT2D eigenvalue weighted by Crippen LogP contribution is 2.39. The van der Waals surface area contributed by atoms with E-state index in [0.29, 0.717) is 19.4 Å². The van der Waals surface area contributed by atoms with Gasteiger partial charge in [-0.15, -0.1) is 0 Å². The molecule has 0 aliphatic carbocycles. The van der Waals surface area contributed by atoms with Crippen LogP contribution in [-0.2, 0) is 28.5 Å². The van der Waals surface area contributed by atoms with Crippen LogP contribution in [-0.4, -0.2) is 50.1 Å². The Hall–Kier alpha value is -0.690. The van der Waals surface area contributed by atoms with Gasteiger partial charge in [0.25, 0.3) is 0 Å². The molecule has 0 amide bonds. The van der Waals surface area contributed by atoms with Crippen LogP contribution in [0.15, 0.2) is 0 Å². The molecule has 0 unspecified atom stereocenters. The van der Waals surface area contributed by atoms with Crippen molar-refractivity contribution in [3.63, 3.8) is 0 Å². The van der Waals surface area contributed by atoms with Gasteiger partial charge in [0.15, 0.2) is 12.1 Å². The van der Waals surface area contributed by atoms with E-state index in [4.69, 9.17) is 23.7 Å². The van der Waals surface area contributed by atoms with E-state index in [1.165, 1.54) is 0 Å². The van der Waals surface area contributed by atoms with Crippen molar-refractivity contribution in [2.45, 2.75) is 64.0 Å². The van der Waals surface area contributed by atoms with E-state index < -0.39 is 12.1 Å². The zero-order chi connectivity index (χ0) is 14.0. The van der Waals surface area contributed by atoms with Gasteiger partial charge in [0, 0.05) is 13.5 Å². The molecule has 0 spiro atoms. The van der Waals surface area contributed by atoms with Crippen LogP contribution in [0, 0.1) is 0 Å². The number of methoxy groups -OCH3 is 1. The van der Waals surface area contributed by atoms with Gasteiger partial charge in [-0.05, 0) is 27.2 Å². The molecule has 0 radical (unpaired) electrons. The maximum Gasteiger partial charge on any atom is 0.305 e. The Kier molecular flexibility index (Phi) is 4.45. The SMILES string of the molecule is CCOC(=O)CC[C@H]1O[C@@H]2OC(C)(C)O[C@@H]2[C@H]1OC. The van der Waals surface area contributed by atoms with E-state index in [9.17, 15) is 4.79 Å². The quantitative estimate of drug-likeness (QED) is 0.702. The summed E-state index contributed by atoms with van der Waals surface area (Å²) in [4.78, 5) is 11.4. The summed E-state index contributed by atoms with van der Waals surface area (Å²) in [6, 6.07) is 0. The average Bonchev–Trinajstić information content (AvgIpc) is 2.77. The van der Waals surface area contributed by atoms with E-state index in [0.717, 1.165) is 0 Å². The lowest BCUT2D eigenvalue weighted by molar-refractivity contribution is -0.217. The molecule has 0 aromatic rings. The van der Waals surface area contributed by atoms with E-state index in [2.05, 4.69) is 0 Å². The summed E-state index contributed by atoms with van der Waals surface area (Å²) in [5.41, 5.74) is 0. The first-order chi connectivity index (χ1) is 8.96. The van der Waals surface area contributed by atoms with Gasteiger partial charge >= 0.3 is 5.97 Å². The molecule has 2 saturated heterocycles. The first-order valence-electron chi connectivity index (χ1n) is 6.66. The average molecular weight is 274 g/mol. The number of hydrogen-bond acceptors (Lipinski definition) is 6. The summed E-state index contributed by atoms with van der Waals surface area (Å²) in [7, 11) is 1.61. The fourth-order valence-electron chi connectivity index (χ4n) is 2.56. The van der Waals surface area contributed by atoms with Crippen molar-refractivity contribution >= 4 is 5.97 Å². The Balaban J connectivity index is 1.89. The fourth-order valence-corrected chi connectivity index (χ4v) is 2.56. The van der Waals surface area contributed by atoms with Gasteiger partial charge in [0.2, 0.25) is 0 Å². The van der Waals surface area contributed by atoms with E-state index in [-0.39, 0.29) is 24.3 Å². The summed E-state index contributed by atoms with van der Waals surface area (Å²) < 4.78 is 27.5. The molecule has 19 heavy (non-hydrogen) atoms. The maximum atomic E-state index is 11.4. The first-order valence-corrected chi connectivity index (χ1v) is 6.66. The van der Waals surface area contributed by atoms with Crippen LogP contribution in [0.3, 0.4) is 0 Å². The second-order valence-electron chi connectivity index (χ2n) is 5.19. The van der Waals surface area contributed by atoms with Crippen LogP contribution < -0.4 is 0 Å². The van der Waals surface area contributed by atoms with Crippen molar-refractivity contribution in [2.24, 2.45) is 0 Å². The summed E-state index contributed by atoms with van der Waals surface area (Å²) in [5, 5.41) is 0. The molecule has 0 saturated carbocycles. The number of rotatable bonds is 5. The normalized spacial score (nSPS) is 36.2. The molecule has 2 aliphatic heterocycles. The van der Waals surface area contributed by atoms with Crippen LogP contribution in [0.2, 0.25) is 0 Å². The Morgan fingerprint density at radius 1 is 1.32 bits per heavy atom. The number of carbonyl (C=O) groups is 1. The summed E-state index contributed by atoms with van der Waals surface area (Å²) >= 11 is 0. The molecule has 0 aromatic carbocycles. The smallest absolute Gasteiger partial charge is 0.305 e. The molecule has 6 nitrogen and oxygen atoms in total. The van der Waals surface area contributed by atoms with Crippen LogP contribution in [0.25, 0.3) is 0 Å². The molecular formula is C13H22O6. The highest BCUT2D eigenvalue weighted by Gasteiger charge is 2.54. The molecule has 2 fully saturated rings. The predicted molar refractivity (Wildman–Crippen MR) is 65.4 cm³/mol. The molecule has 2 rings (SSSR count). The van der Waals surface area contributed by atoms with Gasteiger partial charge in [0.05, 0.1) is 12.7 Å². The number of esters is 1. The number of fused-ring (bicyclic) bond motifs is 1. The van der Waals surface area contributed by atoms with Gasteiger partial charge in [-0.3, -0.25) is 4.79 Å². The standard InChI is InChI=1S/C13H22O6/c1-5-16-9(14)7-6-8-10(15-4)11-12(17-8)19-13(2,3)18-11/h8,10-12H,5-7H2,1-4H3/t8-,10+,11-,12-/m1/s1. The lowest BCUT2D eigenvalue weighted by Gasteiger charge is -2.24. The Morgan fingerprint density at radius 3 is 2.68 bits per heavy atom. The maximum absolute atomic E-state index is 11.4. The fraction of sp³-hybridized carbons (Fsp3) is 0.923. The molecule has 0 bridgehead atoms. The Labute approximate surface area is 113 Å². The molecule has 0 N–H and O–H groups in total. The van der Waals surface area contributed by atoms with Crippen molar-refractivity contribution in [2.75, 3.05) is 13.7 Å². The molecule has 6 heteroatoms. The van der Waals surface area contributed by atoms with Crippen molar-refractivity contribution in [1.82, 2.24) is 0 Å². The van der Waals surface area contributed by atoms with Gasteiger partial charge in [-0.1, -0.05) is 0 Å². The third-order valence-corrected chi connectivity index (χ3v) is 3.30. The first kappa shape index (κ1) is 14.7. The van der Waals surface area contributed by atoms with Crippen molar-refractivity contribution < 1.29 is 28.5 Å². The van der Waals surface area contributed by atoms with Crippen LogP contribution >= 0.6 is 0 Å². The Morgan fingerprint density at radius 2 is 2.05 bits per heavy atom. The predicted octanol–water partition coefficient (Wildman–Crippen LogP) is 1.22.